The SMILES string of the molecule is N#Cc1ccc(-c2cc(-c3cccc4c3oc3ccccc34)cc(-c3cccc4c3oc3ccccc34)c2)cc1C#N. The number of nitrogens with zero attached hydrogens (tertiary/aromatic N) is 2. The monoisotopic (exact) mass is 536 g/mol. The summed E-state index contributed by atoms with van der Waals surface area (Å²) in [5.74, 6) is 0. The van der Waals surface area contributed by atoms with Crippen LogP contribution in [0.1, 0.15) is 11.1 Å². The van der Waals surface area contributed by atoms with E-state index in [-0.39, 0.29) is 0 Å². The summed E-state index contributed by atoms with van der Waals surface area (Å²) in [7, 11) is 0. The number of hydrogen-bond acceptors (Lipinski definition) is 4. The smallest absolute Gasteiger partial charge is 0.143 e. The van der Waals surface area contributed by atoms with Crippen molar-refractivity contribution in [2.45, 2.75) is 0 Å². The molecule has 0 N–H and O–H groups in total. The number of hydrogen-bond donors (Lipinski definition) is 0. The normalized spacial score (nSPS) is 11.3. The second kappa shape index (κ2) is 9.24. The number of nitriles is 2. The molecule has 0 aliphatic heterocycles. The zero-order chi connectivity index (χ0) is 28.2. The molecular weight excluding hydrogens is 516 g/mol. The Morgan fingerprint density at radius 1 is 0.405 bits per heavy atom. The lowest BCUT2D eigenvalue weighted by Crippen LogP contribution is -1.89. The molecule has 0 spiro atoms. The second-order valence-electron chi connectivity index (χ2n) is 10.3. The molecule has 4 nitrogen and oxygen atoms in total. The Morgan fingerprint density at radius 2 is 0.905 bits per heavy atom. The molecule has 2 aromatic heterocycles. The highest BCUT2D eigenvalue weighted by molar-refractivity contribution is 6.11. The summed E-state index contributed by atoms with van der Waals surface area (Å²) in [6.45, 7) is 0. The first-order valence-electron chi connectivity index (χ1n) is 13.6. The Hall–Kier alpha value is -6.10. The Morgan fingerprint density at radius 3 is 1.45 bits per heavy atom. The van der Waals surface area contributed by atoms with Gasteiger partial charge in [0.2, 0.25) is 0 Å². The van der Waals surface area contributed by atoms with Crippen LogP contribution in [-0.2, 0) is 0 Å². The van der Waals surface area contributed by atoms with Gasteiger partial charge in [0.05, 0.1) is 11.1 Å². The largest absolute Gasteiger partial charge is 0.455 e. The standard InChI is InChI=1S/C38H20N2O2/c39-21-24-16-15-23(17-28(24)22-40)25-18-26(29-9-5-11-33-31-7-1-3-13-35(31)41-37(29)33)20-27(19-25)30-10-6-12-34-32-8-2-4-14-36(32)42-38(30)34/h1-20H. The molecule has 8 rings (SSSR count). The topological polar surface area (TPSA) is 73.9 Å². The molecule has 42 heavy (non-hydrogen) atoms. The summed E-state index contributed by atoms with van der Waals surface area (Å²) in [6.07, 6.45) is 0. The average molecular weight is 537 g/mol. The van der Waals surface area contributed by atoms with Gasteiger partial charge in [0.1, 0.15) is 34.5 Å². The van der Waals surface area contributed by atoms with E-state index in [2.05, 4.69) is 78.9 Å². The van der Waals surface area contributed by atoms with Gasteiger partial charge in [-0.1, -0.05) is 78.9 Å². The van der Waals surface area contributed by atoms with Crippen LogP contribution in [0.2, 0.25) is 0 Å². The molecule has 194 valence electrons. The van der Waals surface area contributed by atoms with Crippen molar-refractivity contribution in [1.29, 1.82) is 10.5 Å². The lowest BCUT2D eigenvalue weighted by molar-refractivity contribution is 0.670. The van der Waals surface area contributed by atoms with Gasteiger partial charge in [-0.2, -0.15) is 10.5 Å². The van der Waals surface area contributed by atoms with Crippen molar-refractivity contribution in [1.82, 2.24) is 0 Å². The van der Waals surface area contributed by atoms with Gasteiger partial charge in [-0.3, -0.25) is 0 Å². The molecule has 0 saturated carbocycles. The minimum atomic E-state index is 0.348. The van der Waals surface area contributed by atoms with E-state index in [9.17, 15) is 10.5 Å². The number of furan rings is 2. The van der Waals surface area contributed by atoms with Gasteiger partial charge in [0, 0.05) is 32.7 Å². The van der Waals surface area contributed by atoms with Crippen LogP contribution in [0, 0.1) is 22.7 Å². The van der Waals surface area contributed by atoms with Gasteiger partial charge >= 0.3 is 0 Å². The maximum absolute atomic E-state index is 9.74. The molecule has 0 aliphatic carbocycles. The molecule has 6 aromatic carbocycles. The van der Waals surface area contributed by atoms with Gasteiger partial charge < -0.3 is 8.83 Å². The molecule has 8 aromatic rings. The maximum atomic E-state index is 9.74. The second-order valence-corrected chi connectivity index (χ2v) is 10.3. The zero-order valence-corrected chi connectivity index (χ0v) is 22.3. The van der Waals surface area contributed by atoms with E-state index in [0.29, 0.717) is 11.1 Å². The summed E-state index contributed by atoms with van der Waals surface area (Å²) in [6, 6.07) is 44.7. The van der Waals surface area contributed by atoms with Crippen LogP contribution in [0.15, 0.2) is 130 Å². The van der Waals surface area contributed by atoms with E-state index < -0.39 is 0 Å². The van der Waals surface area contributed by atoms with Crippen LogP contribution in [0.3, 0.4) is 0 Å². The molecule has 0 amide bonds. The summed E-state index contributed by atoms with van der Waals surface area (Å²) < 4.78 is 12.8. The van der Waals surface area contributed by atoms with Crippen molar-refractivity contribution in [3.8, 4) is 45.5 Å². The Balaban J connectivity index is 1.43. The first-order valence-corrected chi connectivity index (χ1v) is 13.6. The highest BCUT2D eigenvalue weighted by atomic mass is 16.3. The predicted octanol–water partition coefficient (Wildman–Crippen LogP) is 10.2. The van der Waals surface area contributed by atoms with E-state index in [1.54, 1.807) is 12.1 Å². The van der Waals surface area contributed by atoms with Crippen molar-refractivity contribution < 1.29 is 8.83 Å². The lowest BCUT2D eigenvalue weighted by atomic mass is 9.91. The quantitative estimate of drug-likeness (QED) is 0.225. The van der Waals surface area contributed by atoms with E-state index >= 15 is 0 Å². The van der Waals surface area contributed by atoms with Crippen molar-refractivity contribution >= 4 is 43.9 Å². The van der Waals surface area contributed by atoms with Crippen LogP contribution in [-0.4, -0.2) is 0 Å². The van der Waals surface area contributed by atoms with Crippen molar-refractivity contribution in [2.24, 2.45) is 0 Å². The molecule has 0 aliphatic rings. The average Bonchev–Trinajstić information content (AvgIpc) is 3.63. The van der Waals surface area contributed by atoms with E-state index in [1.165, 1.54) is 0 Å². The Kier molecular flexibility index (Phi) is 5.22. The van der Waals surface area contributed by atoms with E-state index in [1.807, 2.05) is 42.5 Å². The highest BCUT2D eigenvalue weighted by Gasteiger charge is 2.17. The highest BCUT2D eigenvalue weighted by Crippen LogP contribution is 2.41. The minimum Gasteiger partial charge on any atom is -0.455 e. The summed E-state index contributed by atoms with van der Waals surface area (Å²) in [4.78, 5) is 0. The fourth-order valence-electron chi connectivity index (χ4n) is 5.97. The van der Waals surface area contributed by atoms with Crippen molar-refractivity contribution in [3.05, 3.63) is 132 Å². The lowest BCUT2D eigenvalue weighted by Gasteiger charge is -2.12. The summed E-state index contributed by atoms with van der Waals surface area (Å²) in [5.41, 5.74) is 9.69. The molecule has 4 heteroatoms. The molecule has 2 heterocycles. The Bertz CT molecular complexity index is 2310. The van der Waals surface area contributed by atoms with Gasteiger partial charge in [0.25, 0.3) is 0 Å². The molecule has 0 radical (unpaired) electrons. The number of fused-ring (bicyclic) bond motifs is 6. The zero-order valence-electron chi connectivity index (χ0n) is 22.3. The molecule has 0 fully saturated rings. The summed E-state index contributed by atoms with van der Waals surface area (Å²) in [5, 5.41) is 23.5. The van der Waals surface area contributed by atoms with Gasteiger partial charge in [0.15, 0.2) is 0 Å². The first kappa shape index (κ1) is 23.8. The molecular formula is C38H20N2O2. The fraction of sp³-hybridized carbons (Fsp3) is 0. The number of para-hydroxylation sites is 4. The van der Waals surface area contributed by atoms with Crippen LogP contribution in [0.5, 0.6) is 0 Å². The van der Waals surface area contributed by atoms with Gasteiger partial charge in [-0.25, -0.2) is 0 Å². The van der Waals surface area contributed by atoms with Gasteiger partial charge in [-0.05, 0) is 64.7 Å². The van der Waals surface area contributed by atoms with E-state index in [4.69, 9.17) is 8.83 Å². The molecule has 0 saturated heterocycles. The molecule has 0 atom stereocenters. The van der Waals surface area contributed by atoms with Crippen LogP contribution >= 0.6 is 0 Å². The minimum absolute atomic E-state index is 0.348. The third-order valence-corrected chi connectivity index (χ3v) is 7.96. The van der Waals surface area contributed by atoms with Crippen LogP contribution in [0.25, 0.3) is 77.3 Å². The van der Waals surface area contributed by atoms with E-state index in [0.717, 1.165) is 77.3 Å². The number of benzene rings is 6. The predicted molar refractivity (Wildman–Crippen MR) is 167 cm³/mol. The van der Waals surface area contributed by atoms with Crippen LogP contribution in [0.4, 0.5) is 0 Å². The number of rotatable bonds is 3. The van der Waals surface area contributed by atoms with Gasteiger partial charge in [-0.15, -0.1) is 0 Å². The van der Waals surface area contributed by atoms with Crippen molar-refractivity contribution in [2.75, 3.05) is 0 Å². The molecule has 0 unspecified atom stereocenters. The molecule has 0 bridgehead atoms. The third kappa shape index (κ3) is 3.60. The van der Waals surface area contributed by atoms with Crippen LogP contribution < -0.4 is 0 Å². The fourth-order valence-corrected chi connectivity index (χ4v) is 5.97. The van der Waals surface area contributed by atoms with Crippen molar-refractivity contribution in [3.63, 3.8) is 0 Å². The Labute approximate surface area is 240 Å². The third-order valence-electron chi connectivity index (χ3n) is 7.96. The maximum Gasteiger partial charge on any atom is 0.143 e. The summed E-state index contributed by atoms with van der Waals surface area (Å²) >= 11 is 0. The first-order chi connectivity index (χ1) is 20.7.